The summed E-state index contributed by atoms with van der Waals surface area (Å²) in [6, 6.07) is 19.1. The summed E-state index contributed by atoms with van der Waals surface area (Å²) in [6.07, 6.45) is 1.61. The minimum absolute atomic E-state index is 0.312. The van der Waals surface area contributed by atoms with Crippen molar-refractivity contribution in [2.75, 3.05) is 6.61 Å². The lowest BCUT2D eigenvalue weighted by molar-refractivity contribution is 0.0950. The standard InChI is InChI=1S/C24H24N6O2/c1-4-32-20-12-8-9-18(13-20)22-14-23(27-26-22)24(31)28-25-15-21-16(2)29-30(17(21)3)19-10-6-5-7-11-19/h5-15H,4H2,1-3H3,(H,26,27)(H,28,31)/b25-15+. The molecule has 0 unspecified atom stereocenters. The molecule has 0 aliphatic rings. The van der Waals surface area contributed by atoms with Crippen LogP contribution in [0.5, 0.6) is 5.75 Å². The first-order valence-corrected chi connectivity index (χ1v) is 10.3. The summed E-state index contributed by atoms with van der Waals surface area (Å²) in [7, 11) is 0. The van der Waals surface area contributed by atoms with Gasteiger partial charge in [-0.15, -0.1) is 0 Å². The number of nitrogens with zero attached hydrogens (tertiary/aromatic N) is 4. The van der Waals surface area contributed by atoms with Crippen molar-refractivity contribution in [3.63, 3.8) is 0 Å². The van der Waals surface area contributed by atoms with Gasteiger partial charge in [0.25, 0.3) is 5.91 Å². The Morgan fingerprint density at radius 3 is 2.75 bits per heavy atom. The summed E-state index contributed by atoms with van der Waals surface area (Å²) < 4.78 is 7.38. The maximum absolute atomic E-state index is 12.5. The molecule has 2 aromatic carbocycles. The lowest BCUT2D eigenvalue weighted by Crippen LogP contribution is -2.18. The second-order valence-corrected chi connectivity index (χ2v) is 7.16. The van der Waals surface area contributed by atoms with Crippen molar-refractivity contribution in [3.05, 3.63) is 83.3 Å². The highest BCUT2D eigenvalue weighted by Gasteiger charge is 2.13. The lowest BCUT2D eigenvalue weighted by Gasteiger charge is -2.03. The number of rotatable bonds is 7. The second-order valence-electron chi connectivity index (χ2n) is 7.16. The molecule has 1 amide bonds. The van der Waals surface area contributed by atoms with E-state index in [2.05, 4.69) is 25.8 Å². The molecule has 0 aliphatic heterocycles. The summed E-state index contributed by atoms with van der Waals surface area (Å²) in [5.41, 5.74) is 7.94. The number of carbonyl (C=O) groups is 1. The van der Waals surface area contributed by atoms with Crippen LogP contribution in [0.2, 0.25) is 0 Å². The number of hydrogen-bond donors (Lipinski definition) is 2. The predicted molar refractivity (Wildman–Crippen MR) is 123 cm³/mol. The van der Waals surface area contributed by atoms with Gasteiger partial charge < -0.3 is 4.74 Å². The molecule has 0 radical (unpaired) electrons. The van der Waals surface area contributed by atoms with Crippen LogP contribution >= 0.6 is 0 Å². The molecule has 0 fully saturated rings. The van der Waals surface area contributed by atoms with Crippen molar-refractivity contribution in [3.8, 4) is 22.7 Å². The number of hydrogen-bond acceptors (Lipinski definition) is 5. The van der Waals surface area contributed by atoms with E-state index in [4.69, 9.17) is 4.74 Å². The molecule has 0 spiro atoms. The molecule has 4 rings (SSSR count). The summed E-state index contributed by atoms with van der Waals surface area (Å²) in [5.74, 6) is 0.372. The van der Waals surface area contributed by atoms with Crippen molar-refractivity contribution < 1.29 is 9.53 Å². The van der Waals surface area contributed by atoms with Gasteiger partial charge in [-0.05, 0) is 51.1 Å². The van der Waals surface area contributed by atoms with Gasteiger partial charge >= 0.3 is 0 Å². The third-order valence-electron chi connectivity index (χ3n) is 4.97. The Labute approximate surface area is 185 Å². The van der Waals surface area contributed by atoms with Gasteiger partial charge in [-0.2, -0.15) is 15.3 Å². The van der Waals surface area contributed by atoms with E-state index in [1.54, 1.807) is 12.3 Å². The average molecular weight is 428 g/mol. The highest BCUT2D eigenvalue weighted by Crippen LogP contribution is 2.23. The molecule has 32 heavy (non-hydrogen) atoms. The first-order valence-electron chi connectivity index (χ1n) is 10.3. The van der Waals surface area contributed by atoms with Gasteiger partial charge in [0.1, 0.15) is 11.4 Å². The number of aryl methyl sites for hydroxylation is 1. The van der Waals surface area contributed by atoms with Crippen LogP contribution in [-0.4, -0.2) is 38.7 Å². The Bertz CT molecular complexity index is 1260. The molecule has 4 aromatic rings. The number of carbonyl (C=O) groups excluding carboxylic acids is 1. The fourth-order valence-corrected chi connectivity index (χ4v) is 3.38. The fourth-order valence-electron chi connectivity index (χ4n) is 3.38. The van der Waals surface area contributed by atoms with Crippen LogP contribution in [0, 0.1) is 13.8 Å². The Balaban J connectivity index is 1.46. The molecular weight excluding hydrogens is 404 g/mol. The predicted octanol–water partition coefficient (Wildman–Crippen LogP) is 4.04. The smallest absolute Gasteiger partial charge is 0.289 e. The first-order chi connectivity index (χ1) is 15.6. The van der Waals surface area contributed by atoms with E-state index in [1.165, 1.54) is 0 Å². The summed E-state index contributed by atoms with van der Waals surface area (Å²) in [5, 5.41) is 15.7. The number of aromatic nitrogens is 4. The van der Waals surface area contributed by atoms with Crippen LogP contribution in [0.25, 0.3) is 16.9 Å². The zero-order valence-electron chi connectivity index (χ0n) is 18.2. The zero-order valence-corrected chi connectivity index (χ0v) is 18.2. The molecule has 0 bridgehead atoms. The average Bonchev–Trinajstić information content (AvgIpc) is 3.41. The highest BCUT2D eigenvalue weighted by atomic mass is 16.5. The number of amides is 1. The van der Waals surface area contributed by atoms with Crippen molar-refractivity contribution in [2.24, 2.45) is 5.10 Å². The van der Waals surface area contributed by atoms with Crippen LogP contribution in [0.15, 0.2) is 65.8 Å². The molecular formula is C24H24N6O2. The molecule has 0 atom stereocenters. The molecule has 0 aliphatic carbocycles. The van der Waals surface area contributed by atoms with E-state index in [0.29, 0.717) is 18.0 Å². The van der Waals surface area contributed by atoms with Crippen molar-refractivity contribution in [2.45, 2.75) is 20.8 Å². The minimum Gasteiger partial charge on any atom is -0.494 e. The molecule has 0 saturated carbocycles. The lowest BCUT2D eigenvalue weighted by atomic mass is 10.1. The van der Waals surface area contributed by atoms with E-state index in [1.807, 2.05) is 80.1 Å². The quantitative estimate of drug-likeness (QED) is 0.343. The number of para-hydroxylation sites is 1. The van der Waals surface area contributed by atoms with Gasteiger partial charge in [0, 0.05) is 11.1 Å². The minimum atomic E-state index is -0.383. The van der Waals surface area contributed by atoms with E-state index in [-0.39, 0.29) is 5.91 Å². The second kappa shape index (κ2) is 9.30. The maximum atomic E-state index is 12.5. The van der Waals surface area contributed by atoms with Crippen LogP contribution in [0.1, 0.15) is 34.4 Å². The van der Waals surface area contributed by atoms with Crippen molar-refractivity contribution in [1.82, 2.24) is 25.4 Å². The van der Waals surface area contributed by atoms with Gasteiger partial charge in [-0.25, -0.2) is 10.1 Å². The fraction of sp³-hybridized carbons (Fsp3) is 0.167. The molecule has 162 valence electrons. The zero-order chi connectivity index (χ0) is 22.5. The molecule has 8 heteroatoms. The summed E-state index contributed by atoms with van der Waals surface area (Å²) >= 11 is 0. The Kier molecular flexibility index (Phi) is 6.12. The molecule has 0 saturated heterocycles. The highest BCUT2D eigenvalue weighted by molar-refractivity contribution is 5.94. The molecule has 2 heterocycles. The molecule has 2 aromatic heterocycles. The van der Waals surface area contributed by atoms with Gasteiger partial charge in [-0.1, -0.05) is 30.3 Å². The van der Waals surface area contributed by atoms with Gasteiger partial charge in [0.2, 0.25) is 0 Å². The van der Waals surface area contributed by atoms with Crippen LogP contribution < -0.4 is 10.2 Å². The Morgan fingerprint density at radius 2 is 1.97 bits per heavy atom. The van der Waals surface area contributed by atoms with Crippen LogP contribution in [-0.2, 0) is 0 Å². The SMILES string of the molecule is CCOc1cccc(-c2cc(C(=O)N/N=C/c3c(C)nn(-c4ccccc4)c3C)[nH]n2)c1. The van der Waals surface area contributed by atoms with Crippen molar-refractivity contribution in [1.29, 1.82) is 0 Å². The Morgan fingerprint density at radius 1 is 1.16 bits per heavy atom. The van der Waals surface area contributed by atoms with Crippen molar-refractivity contribution >= 4 is 12.1 Å². The van der Waals surface area contributed by atoms with E-state index >= 15 is 0 Å². The number of hydrazone groups is 1. The normalized spacial score (nSPS) is 11.1. The number of H-pyrrole nitrogens is 1. The van der Waals surface area contributed by atoms with E-state index in [9.17, 15) is 4.79 Å². The van der Waals surface area contributed by atoms with Gasteiger partial charge in [0.05, 0.1) is 35.6 Å². The number of benzene rings is 2. The largest absolute Gasteiger partial charge is 0.494 e. The molecule has 8 nitrogen and oxygen atoms in total. The third-order valence-corrected chi connectivity index (χ3v) is 4.97. The third kappa shape index (κ3) is 4.44. The van der Waals surface area contributed by atoms with Gasteiger partial charge in [0.15, 0.2) is 0 Å². The monoisotopic (exact) mass is 428 g/mol. The van der Waals surface area contributed by atoms with E-state index < -0.39 is 0 Å². The van der Waals surface area contributed by atoms with Crippen LogP contribution in [0.3, 0.4) is 0 Å². The number of ether oxygens (including phenoxy) is 1. The summed E-state index contributed by atoms with van der Waals surface area (Å²) in [4.78, 5) is 12.5. The Hall–Kier alpha value is -4.20. The first kappa shape index (κ1) is 21.0. The van der Waals surface area contributed by atoms with Gasteiger partial charge in [-0.3, -0.25) is 9.89 Å². The van der Waals surface area contributed by atoms with E-state index in [0.717, 1.165) is 34.0 Å². The topological polar surface area (TPSA) is 97.2 Å². The molecule has 2 N–H and O–H groups in total. The maximum Gasteiger partial charge on any atom is 0.289 e. The summed E-state index contributed by atoms with van der Waals surface area (Å²) in [6.45, 7) is 6.39. The number of nitrogens with one attached hydrogen (secondary N) is 2. The number of aromatic amines is 1. The van der Waals surface area contributed by atoms with Crippen LogP contribution in [0.4, 0.5) is 0 Å².